The molecule has 1 amide bonds. The summed E-state index contributed by atoms with van der Waals surface area (Å²) in [4.78, 5) is 13.8. The molecular weight excluding hydrogens is 278 g/mol. The van der Waals surface area contributed by atoms with Gasteiger partial charge in [0.1, 0.15) is 0 Å². The average Bonchev–Trinajstić information content (AvgIpc) is 3.28. The minimum Gasteiger partial charge on any atom is -0.476 e. The summed E-state index contributed by atoms with van der Waals surface area (Å²) in [7, 11) is 3.80. The number of fused-ring (bicyclic) bond motifs is 1. The van der Waals surface area contributed by atoms with Crippen molar-refractivity contribution in [2.24, 2.45) is 13.0 Å². The molecule has 0 N–H and O–H groups in total. The number of nitrogens with zero attached hydrogens (tertiary/aromatic N) is 3. The fourth-order valence-electron chi connectivity index (χ4n) is 2.66. The summed E-state index contributed by atoms with van der Waals surface area (Å²) >= 11 is 0. The van der Waals surface area contributed by atoms with Crippen LogP contribution < -0.4 is 4.74 Å². The molecule has 5 heteroatoms. The minimum atomic E-state index is 0.210. The van der Waals surface area contributed by atoms with Crippen molar-refractivity contribution in [1.29, 1.82) is 0 Å². The van der Waals surface area contributed by atoms with Gasteiger partial charge in [-0.3, -0.25) is 9.48 Å². The van der Waals surface area contributed by atoms with Crippen molar-refractivity contribution in [2.45, 2.75) is 25.7 Å². The highest BCUT2D eigenvalue weighted by Crippen LogP contribution is 2.29. The average molecular weight is 301 g/mol. The number of para-hydroxylation sites is 1. The number of aryl methyl sites for hydroxylation is 1. The summed E-state index contributed by atoms with van der Waals surface area (Å²) in [5, 5.41) is 5.40. The molecule has 0 bridgehead atoms. The van der Waals surface area contributed by atoms with Crippen LogP contribution in [0, 0.1) is 5.92 Å². The smallest absolute Gasteiger partial charge is 0.240 e. The molecule has 0 aliphatic heterocycles. The fourth-order valence-corrected chi connectivity index (χ4v) is 2.66. The van der Waals surface area contributed by atoms with Gasteiger partial charge in [0.25, 0.3) is 0 Å². The molecule has 1 aromatic carbocycles. The molecule has 1 heterocycles. The van der Waals surface area contributed by atoms with Gasteiger partial charge >= 0.3 is 0 Å². The van der Waals surface area contributed by atoms with Crippen molar-refractivity contribution in [3.63, 3.8) is 0 Å². The van der Waals surface area contributed by atoms with Gasteiger partial charge < -0.3 is 9.64 Å². The molecular formula is C17H23N3O2. The summed E-state index contributed by atoms with van der Waals surface area (Å²) < 4.78 is 7.58. The third-order valence-corrected chi connectivity index (χ3v) is 4.15. The van der Waals surface area contributed by atoms with Crippen LogP contribution >= 0.6 is 0 Å². The van der Waals surface area contributed by atoms with Crippen molar-refractivity contribution in [1.82, 2.24) is 14.7 Å². The predicted octanol–water partition coefficient (Wildman–Crippen LogP) is 2.60. The Kier molecular flexibility index (Phi) is 4.32. The van der Waals surface area contributed by atoms with Crippen LogP contribution in [0.1, 0.15) is 25.7 Å². The molecule has 0 unspecified atom stereocenters. The van der Waals surface area contributed by atoms with Crippen LogP contribution in [0.25, 0.3) is 10.9 Å². The lowest BCUT2D eigenvalue weighted by Crippen LogP contribution is -2.28. The van der Waals surface area contributed by atoms with Gasteiger partial charge in [-0.05, 0) is 37.3 Å². The Morgan fingerprint density at radius 1 is 1.41 bits per heavy atom. The van der Waals surface area contributed by atoms with Gasteiger partial charge in [-0.25, -0.2) is 0 Å². The van der Waals surface area contributed by atoms with E-state index in [1.807, 2.05) is 47.9 Å². The molecule has 0 atom stereocenters. The van der Waals surface area contributed by atoms with E-state index in [2.05, 4.69) is 5.10 Å². The van der Waals surface area contributed by atoms with Crippen molar-refractivity contribution in [3.05, 3.63) is 24.3 Å². The van der Waals surface area contributed by atoms with Crippen LogP contribution in [-0.2, 0) is 11.8 Å². The van der Waals surface area contributed by atoms with Gasteiger partial charge in [0.05, 0.1) is 17.5 Å². The van der Waals surface area contributed by atoms with Crippen LogP contribution in [-0.4, -0.2) is 40.8 Å². The molecule has 2 aromatic rings. The number of hydrogen-bond acceptors (Lipinski definition) is 3. The number of amides is 1. The summed E-state index contributed by atoms with van der Waals surface area (Å²) in [6.45, 7) is 1.43. The SMILES string of the molecule is CN(CC1CC1)C(=O)CCCOc1nn(C)c2ccccc12. The van der Waals surface area contributed by atoms with Gasteiger partial charge in [0, 0.05) is 27.1 Å². The normalized spacial score (nSPS) is 14.3. The highest BCUT2D eigenvalue weighted by Gasteiger charge is 2.24. The first-order valence-corrected chi connectivity index (χ1v) is 7.93. The molecule has 0 saturated heterocycles. The first kappa shape index (κ1) is 14.9. The van der Waals surface area contributed by atoms with E-state index in [0.717, 1.165) is 29.8 Å². The number of carbonyl (C=O) groups is 1. The number of ether oxygens (including phenoxy) is 1. The van der Waals surface area contributed by atoms with E-state index in [1.54, 1.807) is 0 Å². The Morgan fingerprint density at radius 3 is 2.95 bits per heavy atom. The standard InChI is InChI=1S/C17H23N3O2/c1-19(12-13-9-10-13)16(21)8-5-11-22-17-14-6-3-4-7-15(14)20(2)18-17/h3-4,6-7,13H,5,8-12H2,1-2H3. The molecule has 0 spiro atoms. The lowest BCUT2D eigenvalue weighted by Gasteiger charge is -2.16. The Morgan fingerprint density at radius 2 is 2.18 bits per heavy atom. The largest absolute Gasteiger partial charge is 0.476 e. The Balaban J connectivity index is 1.47. The fraction of sp³-hybridized carbons (Fsp3) is 0.529. The van der Waals surface area contributed by atoms with Crippen LogP contribution in [0.3, 0.4) is 0 Å². The van der Waals surface area contributed by atoms with Gasteiger partial charge in [-0.2, -0.15) is 0 Å². The van der Waals surface area contributed by atoms with Crippen molar-refractivity contribution >= 4 is 16.8 Å². The second-order valence-corrected chi connectivity index (χ2v) is 6.12. The van der Waals surface area contributed by atoms with Gasteiger partial charge in [0.15, 0.2) is 0 Å². The van der Waals surface area contributed by atoms with Crippen LogP contribution in [0.5, 0.6) is 5.88 Å². The second kappa shape index (κ2) is 6.38. The maximum atomic E-state index is 12.0. The molecule has 118 valence electrons. The molecule has 0 radical (unpaired) electrons. The number of hydrogen-bond donors (Lipinski definition) is 0. The van der Waals surface area contributed by atoms with Crippen LogP contribution in [0.4, 0.5) is 0 Å². The van der Waals surface area contributed by atoms with E-state index >= 15 is 0 Å². The Labute approximate surface area is 130 Å². The summed E-state index contributed by atoms with van der Waals surface area (Å²) in [6, 6.07) is 7.99. The molecule has 3 rings (SSSR count). The van der Waals surface area contributed by atoms with E-state index in [1.165, 1.54) is 12.8 Å². The third kappa shape index (κ3) is 3.40. The Bertz CT molecular complexity index is 661. The van der Waals surface area contributed by atoms with E-state index in [-0.39, 0.29) is 5.91 Å². The summed E-state index contributed by atoms with van der Waals surface area (Å²) in [6.07, 6.45) is 3.80. The molecule has 1 aromatic heterocycles. The first-order valence-electron chi connectivity index (χ1n) is 7.93. The first-order chi connectivity index (χ1) is 10.6. The van der Waals surface area contributed by atoms with E-state index < -0.39 is 0 Å². The van der Waals surface area contributed by atoms with E-state index in [0.29, 0.717) is 18.9 Å². The molecule has 1 fully saturated rings. The van der Waals surface area contributed by atoms with Crippen LogP contribution in [0.2, 0.25) is 0 Å². The zero-order valence-electron chi connectivity index (χ0n) is 13.3. The minimum absolute atomic E-state index is 0.210. The van der Waals surface area contributed by atoms with Crippen molar-refractivity contribution in [2.75, 3.05) is 20.2 Å². The van der Waals surface area contributed by atoms with Crippen molar-refractivity contribution < 1.29 is 9.53 Å². The monoisotopic (exact) mass is 301 g/mol. The van der Waals surface area contributed by atoms with E-state index in [9.17, 15) is 4.79 Å². The quantitative estimate of drug-likeness (QED) is 0.739. The topological polar surface area (TPSA) is 47.4 Å². The highest BCUT2D eigenvalue weighted by molar-refractivity contribution is 5.84. The van der Waals surface area contributed by atoms with Gasteiger partial charge in [0.2, 0.25) is 11.8 Å². The maximum absolute atomic E-state index is 12.0. The van der Waals surface area contributed by atoms with Crippen molar-refractivity contribution in [3.8, 4) is 5.88 Å². The predicted molar refractivity (Wildman–Crippen MR) is 85.8 cm³/mol. The highest BCUT2D eigenvalue weighted by atomic mass is 16.5. The molecule has 22 heavy (non-hydrogen) atoms. The van der Waals surface area contributed by atoms with Gasteiger partial charge in [-0.1, -0.05) is 12.1 Å². The lowest BCUT2D eigenvalue weighted by atomic mass is 10.2. The second-order valence-electron chi connectivity index (χ2n) is 6.12. The molecule has 1 aliphatic rings. The van der Waals surface area contributed by atoms with Crippen LogP contribution in [0.15, 0.2) is 24.3 Å². The molecule has 5 nitrogen and oxygen atoms in total. The zero-order valence-corrected chi connectivity index (χ0v) is 13.3. The zero-order chi connectivity index (χ0) is 15.5. The number of benzene rings is 1. The summed E-state index contributed by atoms with van der Waals surface area (Å²) in [5.74, 6) is 1.60. The molecule has 1 aliphatic carbocycles. The van der Waals surface area contributed by atoms with E-state index in [4.69, 9.17) is 4.74 Å². The number of rotatable bonds is 7. The lowest BCUT2D eigenvalue weighted by molar-refractivity contribution is -0.130. The molecule has 1 saturated carbocycles. The number of aromatic nitrogens is 2. The Hall–Kier alpha value is -2.04. The maximum Gasteiger partial charge on any atom is 0.240 e. The van der Waals surface area contributed by atoms with Gasteiger partial charge in [-0.15, -0.1) is 5.10 Å². The summed E-state index contributed by atoms with van der Waals surface area (Å²) in [5.41, 5.74) is 1.05. The number of carbonyl (C=O) groups excluding carboxylic acids is 1. The third-order valence-electron chi connectivity index (χ3n) is 4.15.